The van der Waals surface area contributed by atoms with Gasteiger partial charge in [-0.3, -0.25) is 4.79 Å². The van der Waals surface area contributed by atoms with Crippen LogP contribution in [0.3, 0.4) is 0 Å². The van der Waals surface area contributed by atoms with Crippen molar-refractivity contribution in [2.75, 3.05) is 11.1 Å². The molecular weight excluding hydrogens is 320 g/mol. The number of anilines is 2. The molecule has 2 aromatic carbocycles. The molecule has 0 bridgehead atoms. The molecule has 0 saturated heterocycles. The molecule has 0 spiro atoms. The first-order valence-corrected chi connectivity index (χ1v) is 6.84. The fraction of sp³-hybridized carbons (Fsp3) is 0.133. The average Bonchev–Trinajstić information content (AvgIpc) is 2.35. The third-order valence-corrected chi connectivity index (χ3v) is 3.56. The molecule has 0 aliphatic rings. The minimum absolute atomic E-state index is 0.0744. The maximum Gasteiger partial charge on any atom is 0.259 e. The zero-order chi connectivity index (χ0) is 14.9. The summed E-state index contributed by atoms with van der Waals surface area (Å²) in [5, 5.41) is 12.6. The first kappa shape index (κ1) is 14.4. The van der Waals surface area contributed by atoms with Gasteiger partial charge in [0.1, 0.15) is 5.75 Å². The van der Waals surface area contributed by atoms with Gasteiger partial charge in [0.25, 0.3) is 5.91 Å². The molecule has 0 heterocycles. The van der Waals surface area contributed by atoms with Crippen molar-refractivity contribution in [1.82, 2.24) is 0 Å². The molecule has 20 heavy (non-hydrogen) atoms. The van der Waals surface area contributed by atoms with E-state index in [0.717, 1.165) is 11.1 Å². The third kappa shape index (κ3) is 2.93. The summed E-state index contributed by atoms with van der Waals surface area (Å²) < 4.78 is 0.710. The van der Waals surface area contributed by atoms with Gasteiger partial charge in [-0.15, -0.1) is 0 Å². The summed E-state index contributed by atoms with van der Waals surface area (Å²) in [6, 6.07) is 8.36. The van der Waals surface area contributed by atoms with Gasteiger partial charge in [-0.1, -0.05) is 22.0 Å². The van der Waals surface area contributed by atoms with Gasteiger partial charge in [0.05, 0.1) is 5.56 Å². The SMILES string of the molecule is Cc1cc(C)c(NC(=O)c2ccc(Br)cc2O)cc1N. The van der Waals surface area contributed by atoms with Gasteiger partial charge < -0.3 is 16.2 Å². The average molecular weight is 335 g/mol. The van der Waals surface area contributed by atoms with Gasteiger partial charge in [0.15, 0.2) is 0 Å². The summed E-state index contributed by atoms with van der Waals surface area (Å²) in [6.07, 6.45) is 0. The number of nitrogens with one attached hydrogen (secondary N) is 1. The minimum atomic E-state index is -0.374. The molecule has 0 aromatic heterocycles. The summed E-state index contributed by atoms with van der Waals surface area (Å²) in [7, 11) is 0. The molecule has 4 N–H and O–H groups in total. The van der Waals surface area contributed by atoms with E-state index < -0.39 is 0 Å². The maximum absolute atomic E-state index is 12.2. The topological polar surface area (TPSA) is 75.3 Å². The van der Waals surface area contributed by atoms with Gasteiger partial charge in [0.2, 0.25) is 0 Å². The number of amides is 1. The molecule has 0 radical (unpaired) electrons. The van der Waals surface area contributed by atoms with Crippen LogP contribution < -0.4 is 11.1 Å². The number of phenolic OH excluding ortho intramolecular Hbond substituents is 1. The van der Waals surface area contributed by atoms with Crippen molar-refractivity contribution in [1.29, 1.82) is 0 Å². The second-order valence-electron chi connectivity index (χ2n) is 4.64. The van der Waals surface area contributed by atoms with Crippen LogP contribution >= 0.6 is 15.9 Å². The third-order valence-electron chi connectivity index (χ3n) is 3.07. The van der Waals surface area contributed by atoms with Crippen LogP contribution in [0.5, 0.6) is 5.75 Å². The van der Waals surface area contributed by atoms with Gasteiger partial charge in [0, 0.05) is 15.8 Å². The van der Waals surface area contributed by atoms with E-state index in [1.54, 1.807) is 18.2 Å². The zero-order valence-electron chi connectivity index (χ0n) is 11.2. The lowest BCUT2D eigenvalue weighted by atomic mass is 10.1. The van der Waals surface area contributed by atoms with E-state index >= 15 is 0 Å². The number of hydrogen-bond donors (Lipinski definition) is 3. The first-order chi connectivity index (χ1) is 9.38. The minimum Gasteiger partial charge on any atom is -0.507 e. The van der Waals surface area contributed by atoms with Crippen LogP contribution in [0.25, 0.3) is 0 Å². The van der Waals surface area contributed by atoms with E-state index in [4.69, 9.17) is 5.73 Å². The summed E-state index contributed by atoms with van der Waals surface area (Å²) in [5.74, 6) is -0.448. The fourth-order valence-electron chi connectivity index (χ4n) is 1.89. The van der Waals surface area contributed by atoms with Crippen molar-refractivity contribution in [3.05, 3.63) is 51.5 Å². The molecule has 0 aliphatic carbocycles. The molecule has 4 nitrogen and oxygen atoms in total. The summed E-state index contributed by atoms with van der Waals surface area (Å²) in [5.41, 5.74) is 9.20. The van der Waals surface area contributed by atoms with E-state index in [1.807, 2.05) is 19.9 Å². The Morgan fingerprint density at radius 1 is 1.20 bits per heavy atom. The number of benzene rings is 2. The molecule has 0 atom stereocenters. The van der Waals surface area contributed by atoms with Crippen molar-refractivity contribution in [3.63, 3.8) is 0 Å². The predicted octanol–water partition coefficient (Wildman–Crippen LogP) is 3.61. The Morgan fingerprint density at radius 3 is 2.55 bits per heavy atom. The molecule has 5 heteroatoms. The van der Waals surface area contributed by atoms with E-state index in [0.29, 0.717) is 15.8 Å². The lowest BCUT2D eigenvalue weighted by Gasteiger charge is -2.12. The quantitative estimate of drug-likeness (QED) is 0.734. The van der Waals surface area contributed by atoms with E-state index in [1.165, 1.54) is 6.07 Å². The maximum atomic E-state index is 12.2. The number of carbonyl (C=O) groups excluding carboxylic acids is 1. The van der Waals surface area contributed by atoms with Crippen LogP contribution in [-0.2, 0) is 0 Å². The van der Waals surface area contributed by atoms with Crippen molar-refractivity contribution >= 4 is 33.2 Å². The Hall–Kier alpha value is -2.01. The van der Waals surface area contributed by atoms with Crippen molar-refractivity contribution in [3.8, 4) is 5.75 Å². The fourth-order valence-corrected chi connectivity index (χ4v) is 2.24. The number of aromatic hydroxyl groups is 1. The normalized spacial score (nSPS) is 10.3. The number of aryl methyl sites for hydroxylation is 2. The predicted molar refractivity (Wildman–Crippen MR) is 84.1 cm³/mol. The Bertz CT molecular complexity index is 684. The van der Waals surface area contributed by atoms with Crippen LogP contribution in [-0.4, -0.2) is 11.0 Å². The van der Waals surface area contributed by atoms with Crippen molar-refractivity contribution < 1.29 is 9.90 Å². The van der Waals surface area contributed by atoms with E-state index in [2.05, 4.69) is 21.2 Å². The number of rotatable bonds is 2. The molecule has 0 fully saturated rings. The lowest BCUT2D eigenvalue weighted by molar-refractivity contribution is 0.102. The van der Waals surface area contributed by atoms with Gasteiger partial charge in [-0.05, 0) is 49.2 Å². The highest BCUT2D eigenvalue weighted by Crippen LogP contribution is 2.26. The smallest absolute Gasteiger partial charge is 0.259 e. The number of phenols is 1. The summed E-state index contributed by atoms with van der Waals surface area (Å²) >= 11 is 3.23. The van der Waals surface area contributed by atoms with Gasteiger partial charge >= 0.3 is 0 Å². The molecule has 2 rings (SSSR count). The van der Waals surface area contributed by atoms with E-state index in [9.17, 15) is 9.90 Å². The number of halogens is 1. The van der Waals surface area contributed by atoms with Crippen LogP contribution in [0.1, 0.15) is 21.5 Å². The van der Waals surface area contributed by atoms with Crippen LogP contribution in [0.2, 0.25) is 0 Å². The molecule has 0 unspecified atom stereocenters. The Kier molecular flexibility index (Phi) is 3.99. The molecule has 0 saturated carbocycles. The monoisotopic (exact) mass is 334 g/mol. The van der Waals surface area contributed by atoms with Gasteiger partial charge in [-0.25, -0.2) is 0 Å². The summed E-state index contributed by atoms with van der Waals surface area (Å²) in [6.45, 7) is 3.80. The van der Waals surface area contributed by atoms with Crippen molar-refractivity contribution in [2.24, 2.45) is 0 Å². The number of nitrogen functional groups attached to an aromatic ring is 1. The highest BCUT2D eigenvalue weighted by Gasteiger charge is 2.13. The highest BCUT2D eigenvalue weighted by atomic mass is 79.9. The molecule has 104 valence electrons. The standard InChI is InChI=1S/C15H15BrN2O2/c1-8-5-9(2)13(7-12(8)17)18-15(20)11-4-3-10(16)6-14(11)19/h3-7,19H,17H2,1-2H3,(H,18,20). The zero-order valence-corrected chi connectivity index (χ0v) is 12.8. The lowest BCUT2D eigenvalue weighted by Crippen LogP contribution is -2.13. The molecule has 2 aromatic rings. The largest absolute Gasteiger partial charge is 0.507 e. The van der Waals surface area contributed by atoms with Crippen molar-refractivity contribution in [2.45, 2.75) is 13.8 Å². The summed E-state index contributed by atoms with van der Waals surface area (Å²) in [4.78, 5) is 12.2. The highest BCUT2D eigenvalue weighted by molar-refractivity contribution is 9.10. The van der Waals surface area contributed by atoms with Crippen LogP contribution in [0.4, 0.5) is 11.4 Å². The molecule has 0 aliphatic heterocycles. The number of nitrogens with two attached hydrogens (primary N) is 1. The van der Waals surface area contributed by atoms with Crippen LogP contribution in [0.15, 0.2) is 34.8 Å². The first-order valence-electron chi connectivity index (χ1n) is 6.05. The Labute approximate surface area is 125 Å². The molecule has 1 amide bonds. The van der Waals surface area contributed by atoms with Gasteiger partial charge in [-0.2, -0.15) is 0 Å². The Morgan fingerprint density at radius 2 is 1.90 bits per heavy atom. The molecular formula is C15H15BrN2O2. The number of carbonyl (C=O) groups is 1. The van der Waals surface area contributed by atoms with Crippen LogP contribution in [0, 0.1) is 13.8 Å². The van der Waals surface area contributed by atoms with E-state index in [-0.39, 0.29) is 17.2 Å². The second-order valence-corrected chi connectivity index (χ2v) is 5.55. The Balaban J connectivity index is 2.30. The second kappa shape index (κ2) is 5.54. The number of hydrogen-bond acceptors (Lipinski definition) is 3.